The maximum absolute atomic E-state index is 12.0. The molecule has 0 fully saturated rings. The van der Waals surface area contributed by atoms with Crippen molar-refractivity contribution in [3.63, 3.8) is 0 Å². The van der Waals surface area contributed by atoms with E-state index in [4.69, 9.17) is 4.74 Å². The highest BCUT2D eigenvalue weighted by Crippen LogP contribution is 2.18. The summed E-state index contributed by atoms with van der Waals surface area (Å²) in [5.74, 6) is 0.369. The number of nitro benzene ring substituents is 1. The Morgan fingerprint density at radius 3 is 2.50 bits per heavy atom. The Balaban J connectivity index is 2.68. The molecule has 0 spiro atoms. The SMILES string of the molecule is [CH2]C(CF)Oc1ccc([N+](=O)[O-])cc1. The van der Waals surface area contributed by atoms with E-state index in [1.54, 1.807) is 0 Å². The number of halogens is 1. The van der Waals surface area contributed by atoms with Gasteiger partial charge in [0.2, 0.25) is 0 Å². The summed E-state index contributed by atoms with van der Waals surface area (Å²) in [5.41, 5.74) is -0.0294. The summed E-state index contributed by atoms with van der Waals surface area (Å²) in [4.78, 5) is 9.77. The summed E-state index contributed by atoms with van der Waals surface area (Å²) in [6.07, 6.45) is -0.781. The fraction of sp³-hybridized carbons (Fsp3) is 0.222. The first kappa shape index (κ1) is 10.4. The van der Waals surface area contributed by atoms with Crippen molar-refractivity contribution in [2.45, 2.75) is 6.10 Å². The Hall–Kier alpha value is -1.65. The Labute approximate surface area is 80.5 Å². The van der Waals surface area contributed by atoms with Crippen LogP contribution in [0.3, 0.4) is 0 Å². The molecule has 1 unspecified atom stereocenters. The number of hydrogen-bond donors (Lipinski definition) is 0. The molecule has 0 saturated carbocycles. The number of nitro groups is 1. The van der Waals surface area contributed by atoms with E-state index in [9.17, 15) is 14.5 Å². The van der Waals surface area contributed by atoms with Crippen LogP contribution < -0.4 is 4.74 Å². The van der Waals surface area contributed by atoms with Gasteiger partial charge in [-0.05, 0) is 19.1 Å². The molecule has 0 N–H and O–H groups in total. The van der Waals surface area contributed by atoms with Gasteiger partial charge in [0, 0.05) is 12.1 Å². The Kier molecular flexibility index (Phi) is 3.39. The number of non-ortho nitro benzene ring substituents is 1. The molecule has 0 amide bonds. The highest BCUT2D eigenvalue weighted by atomic mass is 19.1. The lowest BCUT2D eigenvalue weighted by Gasteiger charge is -2.09. The summed E-state index contributed by atoms with van der Waals surface area (Å²) in [6.45, 7) is 2.68. The van der Waals surface area contributed by atoms with Crippen molar-refractivity contribution >= 4 is 5.69 Å². The van der Waals surface area contributed by atoms with Crippen molar-refractivity contribution in [1.82, 2.24) is 0 Å². The monoisotopic (exact) mass is 198 g/mol. The molecule has 75 valence electrons. The molecule has 1 radical (unpaired) electrons. The number of benzene rings is 1. The normalized spacial score (nSPS) is 12.1. The molecule has 5 heteroatoms. The van der Waals surface area contributed by atoms with Crippen LogP contribution in [0.25, 0.3) is 0 Å². The van der Waals surface area contributed by atoms with E-state index in [1.807, 2.05) is 0 Å². The Morgan fingerprint density at radius 2 is 2.07 bits per heavy atom. The van der Waals surface area contributed by atoms with Crippen LogP contribution in [0.15, 0.2) is 24.3 Å². The van der Waals surface area contributed by atoms with Crippen LogP contribution in [0.1, 0.15) is 0 Å². The third kappa shape index (κ3) is 2.69. The molecule has 0 bridgehead atoms. The zero-order valence-electron chi connectivity index (χ0n) is 7.35. The van der Waals surface area contributed by atoms with Gasteiger partial charge in [0.15, 0.2) is 0 Å². The molecule has 0 aromatic heterocycles. The first-order chi connectivity index (χ1) is 6.63. The van der Waals surface area contributed by atoms with Crippen molar-refractivity contribution in [1.29, 1.82) is 0 Å². The standard InChI is InChI=1S/C9H9FNO3/c1-7(6-10)14-9-4-2-8(3-5-9)11(12)13/h2-5,7H,1,6H2. The number of nitrogens with zero attached hydrogens (tertiary/aromatic N) is 1. The minimum atomic E-state index is -0.781. The minimum absolute atomic E-state index is 0.0294. The van der Waals surface area contributed by atoms with Crippen LogP contribution in [0.5, 0.6) is 5.75 Å². The van der Waals surface area contributed by atoms with Crippen molar-refractivity contribution in [2.24, 2.45) is 0 Å². The zero-order chi connectivity index (χ0) is 10.6. The molecule has 4 nitrogen and oxygen atoms in total. The van der Waals surface area contributed by atoms with Gasteiger partial charge < -0.3 is 4.74 Å². The van der Waals surface area contributed by atoms with Crippen LogP contribution >= 0.6 is 0 Å². The zero-order valence-corrected chi connectivity index (χ0v) is 7.35. The van der Waals surface area contributed by atoms with Gasteiger partial charge in [0.05, 0.1) is 4.92 Å². The second-order valence-corrected chi connectivity index (χ2v) is 2.65. The van der Waals surface area contributed by atoms with Gasteiger partial charge in [-0.2, -0.15) is 0 Å². The molecular formula is C9H9FNO3. The summed E-state index contributed by atoms with van der Waals surface area (Å²) in [7, 11) is 0. The van der Waals surface area contributed by atoms with Crippen molar-refractivity contribution < 1.29 is 14.1 Å². The van der Waals surface area contributed by atoms with Gasteiger partial charge >= 0.3 is 0 Å². The lowest BCUT2D eigenvalue weighted by Crippen LogP contribution is -2.13. The largest absolute Gasteiger partial charge is 0.488 e. The predicted octanol–water partition coefficient (Wildman–Crippen LogP) is 2.15. The van der Waals surface area contributed by atoms with Crippen LogP contribution in [0.4, 0.5) is 10.1 Å². The van der Waals surface area contributed by atoms with Gasteiger partial charge in [-0.15, -0.1) is 0 Å². The molecule has 1 aromatic rings. The smallest absolute Gasteiger partial charge is 0.269 e. The van der Waals surface area contributed by atoms with E-state index in [2.05, 4.69) is 6.92 Å². The molecule has 0 heterocycles. The number of ether oxygens (including phenoxy) is 1. The quantitative estimate of drug-likeness (QED) is 0.550. The molecule has 0 aliphatic heterocycles. The van der Waals surface area contributed by atoms with Gasteiger partial charge in [-0.25, -0.2) is 4.39 Å². The van der Waals surface area contributed by atoms with Crippen LogP contribution in [0, 0.1) is 17.0 Å². The third-order valence-electron chi connectivity index (χ3n) is 1.52. The van der Waals surface area contributed by atoms with E-state index in [0.29, 0.717) is 5.75 Å². The highest BCUT2D eigenvalue weighted by Gasteiger charge is 2.06. The van der Waals surface area contributed by atoms with Crippen molar-refractivity contribution in [2.75, 3.05) is 6.67 Å². The average molecular weight is 198 g/mol. The fourth-order valence-corrected chi connectivity index (χ4v) is 0.870. The van der Waals surface area contributed by atoms with Crippen molar-refractivity contribution in [3.8, 4) is 5.75 Å². The number of hydrogen-bond acceptors (Lipinski definition) is 3. The lowest BCUT2D eigenvalue weighted by molar-refractivity contribution is -0.384. The van der Waals surface area contributed by atoms with Crippen LogP contribution in [0.2, 0.25) is 0 Å². The number of alkyl halides is 1. The topological polar surface area (TPSA) is 52.4 Å². The Bertz CT molecular complexity index is 312. The Morgan fingerprint density at radius 1 is 1.50 bits per heavy atom. The molecule has 0 saturated heterocycles. The fourth-order valence-electron chi connectivity index (χ4n) is 0.870. The lowest BCUT2D eigenvalue weighted by atomic mass is 10.3. The third-order valence-corrected chi connectivity index (χ3v) is 1.52. The van der Waals surface area contributed by atoms with E-state index in [0.717, 1.165) is 0 Å². The predicted molar refractivity (Wildman–Crippen MR) is 48.8 cm³/mol. The molecule has 0 aliphatic carbocycles. The van der Waals surface area contributed by atoms with E-state index < -0.39 is 17.7 Å². The summed E-state index contributed by atoms with van der Waals surface area (Å²) in [5, 5.41) is 10.3. The summed E-state index contributed by atoms with van der Waals surface area (Å²) < 4.78 is 17.0. The maximum atomic E-state index is 12.0. The van der Waals surface area contributed by atoms with Crippen LogP contribution in [-0.2, 0) is 0 Å². The van der Waals surface area contributed by atoms with Gasteiger partial charge in [0.1, 0.15) is 18.5 Å². The van der Waals surface area contributed by atoms with Gasteiger partial charge in [-0.3, -0.25) is 10.1 Å². The molecule has 0 aliphatic rings. The average Bonchev–Trinajstić information content (AvgIpc) is 2.18. The summed E-state index contributed by atoms with van der Waals surface area (Å²) in [6, 6.07) is 5.40. The summed E-state index contributed by atoms with van der Waals surface area (Å²) >= 11 is 0. The minimum Gasteiger partial charge on any atom is -0.488 e. The molecular weight excluding hydrogens is 189 g/mol. The molecule has 1 atom stereocenters. The molecule has 14 heavy (non-hydrogen) atoms. The maximum Gasteiger partial charge on any atom is 0.269 e. The van der Waals surface area contributed by atoms with E-state index in [1.165, 1.54) is 24.3 Å². The van der Waals surface area contributed by atoms with E-state index >= 15 is 0 Å². The molecule has 1 aromatic carbocycles. The van der Waals surface area contributed by atoms with Crippen molar-refractivity contribution in [3.05, 3.63) is 41.3 Å². The first-order valence-corrected chi connectivity index (χ1v) is 3.93. The second-order valence-electron chi connectivity index (χ2n) is 2.65. The van der Waals surface area contributed by atoms with Gasteiger partial charge in [0.25, 0.3) is 5.69 Å². The highest BCUT2D eigenvalue weighted by molar-refractivity contribution is 5.36. The van der Waals surface area contributed by atoms with E-state index in [-0.39, 0.29) is 5.69 Å². The van der Waals surface area contributed by atoms with Crippen LogP contribution in [-0.4, -0.2) is 17.7 Å². The number of rotatable bonds is 4. The first-order valence-electron chi connectivity index (χ1n) is 3.93. The molecule has 1 rings (SSSR count). The van der Waals surface area contributed by atoms with Gasteiger partial charge in [-0.1, -0.05) is 0 Å². The second kappa shape index (κ2) is 4.55.